The molecule has 6 nitrogen and oxygen atoms in total. The lowest BCUT2D eigenvalue weighted by molar-refractivity contribution is 0.177. The molecule has 0 spiro atoms. The van der Waals surface area contributed by atoms with Crippen LogP contribution in [-0.4, -0.2) is 21.0 Å². The van der Waals surface area contributed by atoms with E-state index in [2.05, 4.69) is 10.6 Å². The molecule has 26 heavy (non-hydrogen) atoms. The van der Waals surface area contributed by atoms with Crippen LogP contribution in [0.4, 0.5) is 4.79 Å². The van der Waals surface area contributed by atoms with Gasteiger partial charge in [-0.3, -0.25) is 0 Å². The van der Waals surface area contributed by atoms with Gasteiger partial charge in [-0.05, 0) is 48.9 Å². The second kappa shape index (κ2) is 7.47. The molecule has 0 aliphatic heterocycles. The smallest absolute Gasteiger partial charge is 0.315 e. The van der Waals surface area contributed by atoms with Gasteiger partial charge in [0.25, 0.3) is 0 Å². The molecular formula is C19H23N3O3S. The maximum Gasteiger partial charge on any atom is 0.315 e. The van der Waals surface area contributed by atoms with E-state index in [-0.39, 0.29) is 16.5 Å². The predicted molar refractivity (Wildman–Crippen MR) is 100 cm³/mol. The van der Waals surface area contributed by atoms with Crippen molar-refractivity contribution in [2.75, 3.05) is 6.54 Å². The third kappa shape index (κ3) is 4.23. The Morgan fingerprint density at radius 1 is 1.04 bits per heavy atom. The van der Waals surface area contributed by atoms with Crippen molar-refractivity contribution < 1.29 is 13.2 Å². The van der Waals surface area contributed by atoms with Gasteiger partial charge in [-0.15, -0.1) is 0 Å². The lowest BCUT2D eigenvalue weighted by atomic mass is 9.72. The molecular weight excluding hydrogens is 350 g/mol. The van der Waals surface area contributed by atoms with Crippen LogP contribution in [0, 0.1) is 0 Å². The highest BCUT2D eigenvalue weighted by molar-refractivity contribution is 7.89. The molecule has 1 aliphatic rings. The predicted octanol–water partition coefficient (Wildman–Crippen LogP) is 2.26. The van der Waals surface area contributed by atoms with Crippen LogP contribution in [0.25, 0.3) is 0 Å². The van der Waals surface area contributed by atoms with Crippen molar-refractivity contribution in [3.63, 3.8) is 0 Å². The number of hydrogen-bond acceptors (Lipinski definition) is 3. The van der Waals surface area contributed by atoms with Gasteiger partial charge in [-0.2, -0.15) is 0 Å². The number of carbonyl (C=O) groups excluding carboxylic acids is 1. The Labute approximate surface area is 153 Å². The number of amides is 2. The molecule has 2 amide bonds. The van der Waals surface area contributed by atoms with Gasteiger partial charge in [-0.1, -0.05) is 42.5 Å². The lowest BCUT2D eigenvalue weighted by Crippen LogP contribution is -2.54. The number of carbonyl (C=O) groups is 1. The third-order valence-corrected chi connectivity index (χ3v) is 5.77. The highest BCUT2D eigenvalue weighted by atomic mass is 32.2. The van der Waals surface area contributed by atoms with E-state index in [0.717, 1.165) is 30.4 Å². The molecule has 0 radical (unpaired) electrons. The molecule has 0 heterocycles. The molecule has 138 valence electrons. The fourth-order valence-corrected chi connectivity index (χ4v) is 3.72. The molecule has 4 N–H and O–H groups in total. The van der Waals surface area contributed by atoms with Crippen molar-refractivity contribution in [2.24, 2.45) is 5.14 Å². The Balaban J connectivity index is 1.51. The maximum atomic E-state index is 12.3. The van der Waals surface area contributed by atoms with Crippen molar-refractivity contribution in [2.45, 2.75) is 36.1 Å². The molecule has 2 aromatic carbocycles. The van der Waals surface area contributed by atoms with Crippen molar-refractivity contribution in [1.82, 2.24) is 10.6 Å². The summed E-state index contributed by atoms with van der Waals surface area (Å²) in [6.07, 6.45) is 3.60. The van der Waals surface area contributed by atoms with Gasteiger partial charge in [0.05, 0.1) is 10.4 Å². The van der Waals surface area contributed by atoms with Crippen LogP contribution >= 0.6 is 0 Å². The number of nitrogens with one attached hydrogen (secondary N) is 2. The normalized spacial score (nSPS) is 15.7. The SMILES string of the molecule is NS(=O)(=O)c1ccc(CCNC(=O)NC2(c3ccccc3)CCC2)cc1. The fraction of sp³-hybridized carbons (Fsp3) is 0.316. The standard InChI is InChI=1S/C19H23N3O3S/c20-26(24,25)17-9-7-15(8-10-17)11-14-21-18(23)22-19(12-4-13-19)16-5-2-1-3-6-16/h1-3,5-10H,4,11-14H2,(H2,20,24,25)(H2,21,22,23). The molecule has 7 heteroatoms. The quantitative estimate of drug-likeness (QED) is 0.724. The maximum absolute atomic E-state index is 12.3. The van der Waals surface area contributed by atoms with Crippen molar-refractivity contribution in [1.29, 1.82) is 0 Å². The summed E-state index contributed by atoms with van der Waals surface area (Å²) in [4.78, 5) is 12.4. The molecule has 1 saturated carbocycles. The van der Waals surface area contributed by atoms with Crippen LogP contribution in [0.15, 0.2) is 59.5 Å². The monoisotopic (exact) mass is 373 g/mol. The first-order valence-electron chi connectivity index (χ1n) is 8.62. The van der Waals surface area contributed by atoms with E-state index in [1.807, 2.05) is 30.3 Å². The van der Waals surface area contributed by atoms with Crippen molar-refractivity contribution in [3.05, 3.63) is 65.7 Å². The van der Waals surface area contributed by atoms with Gasteiger partial charge in [0.1, 0.15) is 0 Å². The highest BCUT2D eigenvalue weighted by Crippen LogP contribution is 2.40. The van der Waals surface area contributed by atoms with Gasteiger partial charge >= 0.3 is 6.03 Å². The second-order valence-electron chi connectivity index (χ2n) is 6.62. The molecule has 0 aromatic heterocycles. The molecule has 1 fully saturated rings. The summed E-state index contributed by atoms with van der Waals surface area (Å²) in [6.45, 7) is 0.464. The van der Waals surface area contributed by atoms with E-state index < -0.39 is 10.0 Å². The summed E-state index contributed by atoms with van der Waals surface area (Å²) in [5.41, 5.74) is 1.81. The van der Waals surface area contributed by atoms with Crippen LogP contribution in [0.3, 0.4) is 0 Å². The minimum atomic E-state index is -3.68. The van der Waals surface area contributed by atoms with Crippen LogP contribution < -0.4 is 15.8 Å². The Morgan fingerprint density at radius 3 is 2.23 bits per heavy atom. The number of benzene rings is 2. The Kier molecular flexibility index (Phi) is 5.29. The molecule has 1 aliphatic carbocycles. The largest absolute Gasteiger partial charge is 0.338 e. The number of nitrogens with two attached hydrogens (primary N) is 1. The molecule has 0 saturated heterocycles. The van der Waals surface area contributed by atoms with Crippen LogP contribution in [0.1, 0.15) is 30.4 Å². The summed E-state index contributed by atoms with van der Waals surface area (Å²) in [5.74, 6) is 0. The number of rotatable bonds is 6. The topological polar surface area (TPSA) is 101 Å². The zero-order valence-corrected chi connectivity index (χ0v) is 15.3. The molecule has 0 unspecified atom stereocenters. The molecule has 0 atom stereocenters. The van der Waals surface area contributed by atoms with E-state index in [9.17, 15) is 13.2 Å². The fourth-order valence-electron chi connectivity index (χ4n) is 3.20. The summed E-state index contributed by atoms with van der Waals surface area (Å²) in [5, 5.41) is 11.1. The zero-order valence-electron chi connectivity index (χ0n) is 14.4. The van der Waals surface area contributed by atoms with E-state index >= 15 is 0 Å². The van der Waals surface area contributed by atoms with Crippen molar-refractivity contribution >= 4 is 16.1 Å². The summed E-state index contributed by atoms with van der Waals surface area (Å²) in [6, 6.07) is 16.2. The van der Waals surface area contributed by atoms with Gasteiger partial charge in [0.15, 0.2) is 0 Å². The van der Waals surface area contributed by atoms with Crippen LogP contribution in [0.5, 0.6) is 0 Å². The first kappa shape index (κ1) is 18.4. The first-order chi connectivity index (χ1) is 12.4. The first-order valence-corrected chi connectivity index (χ1v) is 10.2. The zero-order chi connectivity index (χ0) is 18.6. The third-order valence-electron chi connectivity index (χ3n) is 4.84. The Bertz CT molecular complexity index is 861. The average Bonchev–Trinajstić information content (AvgIpc) is 2.58. The highest BCUT2D eigenvalue weighted by Gasteiger charge is 2.39. The second-order valence-corrected chi connectivity index (χ2v) is 8.18. The minimum absolute atomic E-state index is 0.0849. The number of urea groups is 1. The van der Waals surface area contributed by atoms with Gasteiger partial charge in [0, 0.05) is 6.54 Å². The lowest BCUT2D eigenvalue weighted by Gasteiger charge is -2.43. The van der Waals surface area contributed by atoms with Gasteiger partial charge in [-0.25, -0.2) is 18.4 Å². The van der Waals surface area contributed by atoms with E-state index in [1.54, 1.807) is 12.1 Å². The molecule has 0 bridgehead atoms. The summed E-state index contributed by atoms with van der Waals surface area (Å²) >= 11 is 0. The van der Waals surface area contributed by atoms with E-state index in [1.165, 1.54) is 12.1 Å². The number of hydrogen-bond donors (Lipinski definition) is 3. The van der Waals surface area contributed by atoms with Crippen LogP contribution in [0.2, 0.25) is 0 Å². The number of primary sulfonamides is 1. The Hall–Kier alpha value is -2.38. The summed E-state index contributed by atoms with van der Waals surface area (Å²) in [7, 11) is -3.68. The minimum Gasteiger partial charge on any atom is -0.338 e. The molecule has 2 aromatic rings. The molecule has 3 rings (SSSR count). The Morgan fingerprint density at radius 2 is 1.69 bits per heavy atom. The summed E-state index contributed by atoms with van der Waals surface area (Å²) < 4.78 is 22.5. The average molecular weight is 373 g/mol. The van der Waals surface area contributed by atoms with Crippen LogP contribution in [-0.2, 0) is 22.0 Å². The van der Waals surface area contributed by atoms with Crippen molar-refractivity contribution in [3.8, 4) is 0 Å². The number of sulfonamides is 1. The van der Waals surface area contributed by atoms with Gasteiger partial charge < -0.3 is 10.6 Å². The van der Waals surface area contributed by atoms with E-state index in [0.29, 0.717) is 13.0 Å². The van der Waals surface area contributed by atoms with E-state index in [4.69, 9.17) is 5.14 Å². The van der Waals surface area contributed by atoms with Gasteiger partial charge in [0.2, 0.25) is 10.0 Å².